The van der Waals surface area contributed by atoms with Gasteiger partial charge in [-0.2, -0.15) is 8.42 Å². The molecule has 0 spiro atoms. The van der Waals surface area contributed by atoms with Crippen molar-refractivity contribution in [2.45, 2.75) is 103 Å². The summed E-state index contributed by atoms with van der Waals surface area (Å²) < 4.78 is 52.8. The van der Waals surface area contributed by atoms with Gasteiger partial charge in [0.25, 0.3) is 29.5 Å². The zero-order chi connectivity index (χ0) is 30.7. The van der Waals surface area contributed by atoms with Gasteiger partial charge < -0.3 is 18.9 Å². The molecule has 0 aromatic heterocycles. The van der Waals surface area contributed by atoms with Gasteiger partial charge in [-0.05, 0) is 92.8 Å². The molecule has 0 radical (unpaired) electrons. The third-order valence-corrected chi connectivity index (χ3v) is 12.6. The van der Waals surface area contributed by atoms with Crippen LogP contribution in [-0.4, -0.2) is 69.0 Å². The minimum atomic E-state index is -4.09. The highest BCUT2D eigenvalue weighted by atomic mass is 32.2. The van der Waals surface area contributed by atoms with E-state index in [0.29, 0.717) is 38.7 Å². The van der Waals surface area contributed by atoms with E-state index in [4.69, 9.17) is 23.5 Å². The van der Waals surface area contributed by atoms with E-state index in [1.54, 1.807) is 0 Å². The van der Waals surface area contributed by atoms with Gasteiger partial charge in [-0.1, -0.05) is 20.8 Å². The molecule has 0 heterocycles. The number of fused-ring (bicyclic) bond motifs is 5. The van der Waals surface area contributed by atoms with Crippen molar-refractivity contribution in [2.75, 3.05) is 12.4 Å². The van der Waals surface area contributed by atoms with E-state index < -0.39 is 21.8 Å². The topological polar surface area (TPSA) is 160 Å². The minimum Gasteiger partial charge on any atom is -0.466 e. The van der Waals surface area contributed by atoms with Crippen LogP contribution in [0.15, 0.2) is 0 Å². The summed E-state index contributed by atoms with van der Waals surface area (Å²) in [6.07, 6.45) is 5.62. The molecule has 11 nitrogen and oxygen atoms in total. The number of hydrogen-bond donors (Lipinski definition) is 1. The van der Waals surface area contributed by atoms with Crippen molar-refractivity contribution in [1.82, 2.24) is 0 Å². The Morgan fingerprint density at radius 2 is 1.69 bits per heavy atom. The van der Waals surface area contributed by atoms with Gasteiger partial charge in [-0.25, -0.2) is 0 Å². The molecule has 0 saturated heterocycles. The fraction of sp³-hybridized carbons (Fsp3) is 0.867. The Bertz CT molecular complexity index is 1090. The first-order valence-corrected chi connectivity index (χ1v) is 16.9. The lowest BCUT2D eigenvalue weighted by Gasteiger charge is -2.64. The predicted molar refractivity (Wildman–Crippen MR) is 149 cm³/mol. The van der Waals surface area contributed by atoms with Crippen LogP contribution in [-0.2, 0) is 48.2 Å². The largest absolute Gasteiger partial charge is 0.466 e. The molecule has 4 fully saturated rings. The van der Waals surface area contributed by atoms with Crippen molar-refractivity contribution >= 4 is 35.5 Å². The van der Waals surface area contributed by atoms with Gasteiger partial charge in [0.05, 0.1) is 12.4 Å². The molecule has 12 heteroatoms. The van der Waals surface area contributed by atoms with Gasteiger partial charge >= 0.3 is 5.97 Å². The molecule has 1 N–H and O–H groups in total. The molecule has 4 aliphatic rings. The van der Waals surface area contributed by atoms with Crippen LogP contribution in [0, 0.1) is 46.3 Å². The lowest BCUT2D eigenvalue weighted by molar-refractivity contribution is -0.218. The number of rotatable bonds is 14. The average molecular weight is 615 g/mol. The third kappa shape index (κ3) is 6.49. The lowest BCUT2D eigenvalue weighted by atomic mass is 9.43. The summed E-state index contributed by atoms with van der Waals surface area (Å²) in [5.74, 6) is 0.0695. The molecular formula is C30H46O11S. The normalized spacial score (nSPS) is 39.9. The van der Waals surface area contributed by atoms with Crippen molar-refractivity contribution in [1.29, 1.82) is 0 Å². The summed E-state index contributed by atoms with van der Waals surface area (Å²) in [6, 6.07) is 0. The van der Waals surface area contributed by atoms with E-state index >= 15 is 0 Å². The molecular weight excluding hydrogens is 568 g/mol. The highest BCUT2D eigenvalue weighted by molar-refractivity contribution is 7.85. The highest BCUT2D eigenvalue weighted by Gasteiger charge is 2.67. The molecule has 4 rings (SSSR count). The second kappa shape index (κ2) is 13.2. The first-order valence-electron chi connectivity index (χ1n) is 15.3. The fourth-order valence-electron chi connectivity index (χ4n) is 9.79. The number of hydrogen-bond acceptors (Lipinski definition) is 10. The van der Waals surface area contributed by atoms with Crippen LogP contribution in [0.4, 0.5) is 0 Å². The van der Waals surface area contributed by atoms with Crippen LogP contribution in [0.5, 0.6) is 0 Å². The fourth-order valence-corrected chi connectivity index (χ4v) is 10.3. The van der Waals surface area contributed by atoms with Gasteiger partial charge in [0.15, 0.2) is 0 Å². The lowest BCUT2D eigenvalue weighted by Crippen LogP contribution is -2.63. The van der Waals surface area contributed by atoms with Crippen LogP contribution in [0.2, 0.25) is 0 Å². The number of carbonyl (C=O) groups excluding carboxylic acids is 4. The van der Waals surface area contributed by atoms with Crippen LogP contribution < -0.4 is 0 Å². The molecule has 4 aliphatic carbocycles. The molecule has 0 bridgehead atoms. The molecule has 11 atom stereocenters. The molecule has 238 valence electrons. The van der Waals surface area contributed by atoms with Crippen molar-refractivity contribution in [3.8, 4) is 0 Å². The van der Waals surface area contributed by atoms with E-state index in [-0.39, 0.29) is 84.1 Å². The second-order valence-corrected chi connectivity index (χ2v) is 15.1. The Morgan fingerprint density at radius 3 is 2.36 bits per heavy atom. The summed E-state index contributed by atoms with van der Waals surface area (Å²) in [6.45, 7) is 8.16. The third-order valence-electron chi connectivity index (χ3n) is 11.8. The number of esters is 1. The Hall–Kier alpha value is -2.21. The average Bonchev–Trinajstić information content (AvgIpc) is 3.29. The molecule has 0 aliphatic heterocycles. The van der Waals surface area contributed by atoms with Crippen molar-refractivity contribution < 1.29 is 51.1 Å². The van der Waals surface area contributed by atoms with Gasteiger partial charge in [0, 0.05) is 17.8 Å². The molecule has 4 saturated carbocycles. The van der Waals surface area contributed by atoms with Gasteiger partial charge in [-0.15, -0.1) is 0 Å². The van der Waals surface area contributed by atoms with Gasteiger partial charge in [0.2, 0.25) is 0 Å². The second-order valence-electron chi connectivity index (χ2n) is 13.5. The van der Waals surface area contributed by atoms with E-state index in [9.17, 15) is 27.6 Å². The quantitative estimate of drug-likeness (QED) is 0.0998. The smallest absolute Gasteiger partial charge is 0.305 e. The van der Waals surface area contributed by atoms with Crippen LogP contribution >= 0.6 is 0 Å². The van der Waals surface area contributed by atoms with Gasteiger partial charge in [-0.3, -0.25) is 23.7 Å². The molecule has 42 heavy (non-hydrogen) atoms. The van der Waals surface area contributed by atoms with Gasteiger partial charge in [0.1, 0.15) is 18.3 Å². The molecule has 0 aromatic rings. The molecule has 0 aromatic carbocycles. The number of carbonyl (C=O) groups is 4. The minimum absolute atomic E-state index is 0.0321. The summed E-state index contributed by atoms with van der Waals surface area (Å²) in [5, 5.41) is 0. The van der Waals surface area contributed by atoms with E-state index in [1.165, 1.54) is 0 Å². The summed E-state index contributed by atoms with van der Waals surface area (Å²) >= 11 is 0. The zero-order valence-corrected chi connectivity index (χ0v) is 25.7. The zero-order valence-electron chi connectivity index (χ0n) is 24.9. The maximum Gasteiger partial charge on any atom is 0.305 e. The Kier molecular flexibility index (Phi) is 10.3. The van der Waals surface area contributed by atoms with Crippen molar-refractivity contribution in [3.63, 3.8) is 0 Å². The Balaban J connectivity index is 1.51. The maximum atomic E-state index is 12.4. The summed E-state index contributed by atoms with van der Waals surface area (Å²) in [5.41, 5.74) is -0.433. The van der Waals surface area contributed by atoms with E-state index in [0.717, 1.165) is 32.1 Å². The van der Waals surface area contributed by atoms with Crippen molar-refractivity contribution in [3.05, 3.63) is 0 Å². The van der Waals surface area contributed by atoms with Crippen molar-refractivity contribution in [2.24, 2.45) is 46.3 Å². The van der Waals surface area contributed by atoms with Crippen LogP contribution in [0.1, 0.15) is 85.0 Å². The standard InChI is InChI=1S/C30H46O11S/c1-19(5-8-27(34)38-11-4-12-42(35,36)37)22-6-7-23-28-24(15-26(41-18-33)30(22,23)3)29(2)10-9-21(39-16-31)13-20(29)14-25(28)40-17-32/h16-26,28H,4-15H2,1-3H3,(H,35,36,37)/t19-,20?,21?,22-,23+,24+,25?,26?,28+,29+,30-/m1/s1. The van der Waals surface area contributed by atoms with Crippen LogP contribution in [0.3, 0.4) is 0 Å². The van der Waals surface area contributed by atoms with Crippen LogP contribution in [0.25, 0.3) is 0 Å². The molecule has 0 amide bonds. The predicted octanol–water partition coefficient (Wildman–Crippen LogP) is 3.73. The SMILES string of the molecule is C[C@H](CCC(=O)OCCCS(=O)(=O)O)[C@H]1CC[C@H]2[C@@H]3C(OC=O)CC4CC(OC=O)CC[C@]4(C)[C@H]3CC(OC=O)[C@]12C. The summed E-state index contributed by atoms with van der Waals surface area (Å²) in [7, 11) is -4.09. The van der Waals surface area contributed by atoms with E-state index in [1.807, 2.05) is 0 Å². The van der Waals surface area contributed by atoms with E-state index in [2.05, 4.69) is 20.8 Å². The maximum absolute atomic E-state index is 12.4. The highest BCUT2D eigenvalue weighted by Crippen LogP contribution is 2.69. The Labute approximate surface area is 248 Å². The first kappa shape index (κ1) is 32.7. The Morgan fingerprint density at radius 1 is 0.976 bits per heavy atom. The first-order chi connectivity index (χ1) is 19.9. The summed E-state index contributed by atoms with van der Waals surface area (Å²) in [4.78, 5) is 47.0. The molecule has 4 unspecified atom stereocenters. The monoisotopic (exact) mass is 614 g/mol. The number of ether oxygens (including phenoxy) is 4.